The molecule has 1 rings (SSSR count). The van der Waals surface area contributed by atoms with Gasteiger partial charge in [-0.25, -0.2) is 0 Å². The third-order valence-corrected chi connectivity index (χ3v) is 1.83. The number of hydrogen-bond donors (Lipinski definition) is 2. The Morgan fingerprint density at radius 2 is 1.93 bits per heavy atom. The van der Waals surface area contributed by atoms with E-state index in [4.69, 9.17) is 10.8 Å². The van der Waals surface area contributed by atoms with Gasteiger partial charge in [0.05, 0.1) is 5.56 Å². The molecule has 0 bridgehead atoms. The smallest absolute Gasteiger partial charge is 0.416 e. The van der Waals surface area contributed by atoms with Crippen molar-refractivity contribution in [3.05, 3.63) is 29.3 Å². The van der Waals surface area contributed by atoms with Crippen LogP contribution in [0.2, 0.25) is 0 Å². The molecule has 0 aliphatic rings. The molecule has 0 saturated heterocycles. The highest BCUT2D eigenvalue weighted by Crippen LogP contribution is 2.35. The zero-order valence-corrected chi connectivity index (χ0v) is 7.47. The van der Waals surface area contributed by atoms with Gasteiger partial charge in [0.2, 0.25) is 0 Å². The monoisotopic (exact) mass is 205 g/mol. The molecule has 1 aromatic rings. The number of hydrogen-bond acceptors (Lipinski definition) is 2. The highest BCUT2D eigenvalue weighted by atomic mass is 19.4. The highest BCUT2D eigenvalue weighted by molar-refractivity contribution is 5.38. The molecule has 0 amide bonds. The van der Waals surface area contributed by atoms with Gasteiger partial charge in [0.25, 0.3) is 0 Å². The fourth-order valence-electron chi connectivity index (χ4n) is 1.19. The summed E-state index contributed by atoms with van der Waals surface area (Å²) in [5.74, 6) is -0.415. The molecule has 0 saturated carbocycles. The first-order chi connectivity index (χ1) is 6.32. The molecular weight excluding hydrogens is 195 g/mol. The van der Waals surface area contributed by atoms with Crippen LogP contribution in [0, 0.1) is 0 Å². The van der Waals surface area contributed by atoms with Crippen LogP contribution in [0.4, 0.5) is 13.2 Å². The van der Waals surface area contributed by atoms with Crippen LogP contribution >= 0.6 is 0 Å². The summed E-state index contributed by atoms with van der Waals surface area (Å²) in [4.78, 5) is 0. The van der Waals surface area contributed by atoms with E-state index in [0.29, 0.717) is 6.07 Å². The Hall–Kier alpha value is -1.23. The second-order valence-electron chi connectivity index (χ2n) is 3.06. The average molecular weight is 205 g/mol. The predicted octanol–water partition coefficient (Wildman–Crippen LogP) is 2.43. The van der Waals surface area contributed by atoms with E-state index in [1.165, 1.54) is 19.1 Å². The van der Waals surface area contributed by atoms with E-state index >= 15 is 0 Å². The lowest BCUT2D eigenvalue weighted by Crippen LogP contribution is -2.14. The van der Waals surface area contributed by atoms with E-state index in [2.05, 4.69) is 0 Å². The first-order valence-corrected chi connectivity index (χ1v) is 3.98. The molecule has 0 fully saturated rings. The molecule has 78 valence electrons. The normalized spacial score (nSPS) is 14.1. The molecule has 2 nitrogen and oxygen atoms in total. The van der Waals surface area contributed by atoms with Crippen LogP contribution in [0.5, 0.6) is 5.75 Å². The van der Waals surface area contributed by atoms with E-state index in [1.807, 2.05) is 0 Å². The molecule has 1 aromatic carbocycles. The lowest BCUT2D eigenvalue weighted by molar-refractivity contribution is -0.138. The second kappa shape index (κ2) is 3.49. The van der Waals surface area contributed by atoms with E-state index in [1.54, 1.807) is 0 Å². The topological polar surface area (TPSA) is 46.2 Å². The summed E-state index contributed by atoms with van der Waals surface area (Å²) >= 11 is 0. The van der Waals surface area contributed by atoms with Crippen LogP contribution in [-0.2, 0) is 6.18 Å². The van der Waals surface area contributed by atoms with Gasteiger partial charge in [-0.05, 0) is 24.6 Å². The molecule has 0 radical (unpaired) electrons. The van der Waals surface area contributed by atoms with Crippen molar-refractivity contribution in [2.24, 2.45) is 5.73 Å². The van der Waals surface area contributed by atoms with Crippen molar-refractivity contribution < 1.29 is 18.3 Å². The van der Waals surface area contributed by atoms with Crippen molar-refractivity contribution in [1.29, 1.82) is 0 Å². The Labute approximate surface area is 79.2 Å². The minimum absolute atomic E-state index is 0.0182. The summed E-state index contributed by atoms with van der Waals surface area (Å²) in [6.45, 7) is 1.46. The third-order valence-electron chi connectivity index (χ3n) is 1.83. The molecule has 1 atom stereocenters. The largest absolute Gasteiger partial charge is 0.508 e. The lowest BCUT2D eigenvalue weighted by atomic mass is 10.0. The molecule has 3 N–H and O–H groups in total. The number of rotatable bonds is 1. The average Bonchev–Trinajstić information content (AvgIpc) is 2.01. The quantitative estimate of drug-likeness (QED) is 0.739. The number of halogens is 3. The summed E-state index contributed by atoms with van der Waals surface area (Å²) in [5.41, 5.74) is 4.48. The number of benzene rings is 1. The molecule has 0 spiro atoms. The first kappa shape index (κ1) is 10.8. The molecule has 0 aliphatic heterocycles. The summed E-state index contributed by atoms with van der Waals surface area (Å²) in [5, 5.41) is 8.94. The van der Waals surface area contributed by atoms with Crippen molar-refractivity contribution in [3.63, 3.8) is 0 Å². The Morgan fingerprint density at radius 3 is 2.36 bits per heavy atom. The van der Waals surface area contributed by atoms with Crippen LogP contribution in [0.1, 0.15) is 24.1 Å². The Kier molecular flexibility index (Phi) is 2.71. The minimum Gasteiger partial charge on any atom is -0.508 e. The SMILES string of the molecule is C[C@H](N)c1ccc(O)cc1C(F)(F)F. The van der Waals surface area contributed by atoms with E-state index in [0.717, 1.165) is 0 Å². The van der Waals surface area contributed by atoms with E-state index in [9.17, 15) is 13.2 Å². The molecule has 0 aliphatic carbocycles. The number of alkyl halides is 3. The molecule has 0 aromatic heterocycles. The fraction of sp³-hybridized carbons (Fsp3) is 0.333. The third kappa shape index (κ3) is 2.17. The molecule has 0 unspecified atom stereocenters. The van der Waals surface area contributed by atoms with Gasteiger partial charge in [0.1, 0.15) is 5.75 Å². The first-order valence-electron chi connectivity index (χ1n) is 3.98. The summed E-state index contributed by atoms with van der Waals surface area (Å²) in [7, 11) is 0. The van der Waals surface area contributed by atoms with E-state index in [-0.39, 0.29) is 5.56 Å². The molecule has 0 heterocycles. The maximum atomic E-state index is 12.4. The Balaban J connectivity index is 3.30. The number of phenols is 1. The van der Waals surface area contributed by atoms with Gasteiger partial charge < -0.3 is 10.8 Å². The van der Waals surface area contributed by atoms with Gasteiger partial charge in [-0.3, -0.25) is 0 Å². The zero-order valence-electron chi connectivity index (χ0n) is 7.47. The number of phenolic OH excluding ortho intramolecular Hbond substituents is 1. The van der Waals surface area contributed by atoms with Crippen LogP contribution in [-0.4, -0.2) is 5.11 Å². The van der Waals surface area contributed by atoms with Gasteiger partial charge in [0.15, 0.2) is 0 Å². The van der Waals surface area contributed by atoms with Crippen molar-refractivity contribution in [2.75, 3.05) is 0 Å². The zero-order chi connectivity index (χ0) is 10.9. The molecular formula is C9H10F3NO. The van der Waals surface area contributed by atoms with Gasteiger partial charge >= 0.3 is 6.18 Å². The van der Waals surface area contributed by atoms with Crippen molar-refractivity contribution in [3.8, 4) is 5.75 Å². The van der Waals surface area contributed by atoms with Crippen LogP contribution in [0.15, 0.2) is 18.2 Å². The second-order valence-corrected chi connectivity index (χ2v) is 3.06. The summed E-state index contributed by atoms with van der Waals surface area (Å²) in [6.07, 6.45) is -4.48. The molecule has 14 heavy (non-hydrogen) atoms. The summed E-state index contributed by atoms with van der Waals surface area (Å²) < 4.78 is 37.3. The highest BCUT2D eigenvalue weighted by Gasteiger charge is 2.34. The standard InChI is InChI=1S/C9H10F3NO/c1-5(13)7-3-2-6(14)4-8(7)9(10,11)12/h2-5,14H,13H2,1H3/t5-/m0/s1. The minimum atomic E-state index is -4.48. The molecule has 5 heteroatoms. The maximum Gasteiger partial charge on any atom is 0.416 e. The van der Waals surface area contributed by atoms with Gasteiger partial charge in [-0.1, -0.05) is 6.07 Å². The summed E-state index contributed by atoms with van der Waals surface area (Å²) in [6, 6.07) is 2.34. The van der Waals surface area contributed by atoms with Crippen molar-refractivity contribution >= 4 is 0 Å². The fourth-order valence-corrected chi connectivity index (χ4v) is 1.19. The van der Waals surface area contributed by atoms with Crippen molar-refractivity contribution in [2.45, 2.75) is 19.1 Å². The van der Waals surface area contributed by atoms with E-state index < -0.39 is 23.5 Å². The lowest BCUT2D eigenvalue weighted by Gasteiger charge is -2.15. The van der Waals surface area contributed by atoms with Crippen LogP contribution < -0.4 is 5.73 Å². The van der Waals surface area contributed by atoms with Crippen molar-refractivity contribution in [1.82, 2.24) is 0 Å². The number of nitrogens with two attached hydrogens (primary N) is 1. The van der Waals surface area contributed by atoms with Gasteiger partial charge in [0, 0.05) is 6.04 Å². The van der Waals surface area contributed by atoms with Gasteiger partial charge in [-0.15, -0.1) is 0 Å². The van der Waals surface area contributed by atoms with Gasteiger partial charge in [-0.2, -0.15) is 13.2 Å². The maximum absolute atomic E-state index is 12.4. The Morgan fingerprint density at radius 1 is 1.36 bits per heavy atom. The Bertz CT molecular complexity index is 333. The predicted molar refractivity (Wildman–Crippen MR) is 45.7 cm³/mol. The van der Waals surface area contributed by atoms with Crippen LogP contribution in [0.25, 0.3) is 0 Å². The number of aromatic hydroxyl groups is 1. The van der Waals surface area contributed by atoms with Crippen LogP contribution in [0.3, 0.4) is 0 Å².